The average Bonchev–Trinajstić information content (AvgIpc) is 2.18. The van der Waals surface area contributed by atoms with Crippen molar-refractivity contribution in [3.63, 3.8) is 0 Å². The Morgan fingerprint density at radius 1 is 1.27 bits per heavy atom. The lowest BCUT2D eigenvalue weighted by Gasteiger charge is -2.10. The molecule has 0 bridgehead atoms. The molecule has 0 aliphatic rings. The molecule has 1 N–H and O–H groups in total. The predicted molar refractivity (Wildman–Crippen MR) is 70.9 cm³/mol. The molecule has 0 aromatic heterocycles. The number of thiol groups is 1. The van der Waals surface area contributed by atoms with Gasteiger partial charge in [0, 0.05) is 10.1 Å². The zero-order valence-electron chi connectivity index (χ0n) is 9.18. The zero-order chi connectivity index (χ0) is 11.3. The number of aliphatic hydroxyl groups is 1. The van der Waals surface area contributed by atoms with Crippen LogP contribution >= 0.6 is 24.4 Å². The fourth-order valence-electron chi connectivity index (χ4n) is 1.33. The Hall–Kier alpha value is -0.120. The topological polar surface area (TPSA) is 20.2 Å². The monoisotopic (exact) mass is 242 g/mol. The van der Waals surface area contributed by atoms with E-state index in [1.807, 2.05) is 23.9 Å². The quantitative estimate of drug-likeness (QED) is 0.608. The van der Waals surface area contributed by atoms with Crippen molar-refractivity contribution in [1.82, 2.24) is 0 Å². The summed E-state index contributed by atoms with van der Waals surface area (Å²) in [6, 6.07) is 8.14. The Balaban J connectivity index is 2.63. The molecule has 1 unspecified atom stereocenters. The summed E-state index contributed by atoms with van der Waals surface area (Å²) in [5.74, 6) is 0.712. The van der Waals surface area contributed by atoms with Gasteiger partial charge in [-0.05, 0) is 29.9 Å². The second kappa shape index (κ2) is 6.46. The highest BCUT2D eigenvalue weighted by Crippen LogP contribution is 2.25. The van der Waals surface area contributed by atoms with E-state index in [9.17, 15) is 5.11 Å². The molecule has 84 valence electrons. The number of hydrogen-bond acceptors (Lipinski definition) is 3. The number of benzene rings is 1. The van der Waals surface area contributed by atoms with Crippen molar-refractivity contribution in [2.45, 2.75) is 36.5 Å². The van der Waals surface area contributed by atoms with Gasteiger partial charge in [-0.3, -0.25) is 0 Å². The minimum atomic E-state index is -0.374. The minimum Gasteiger partial charge on any atom is -0.388 e. The lowest BCUT2D eigenvalue weighted by Crippen LogP contribution is -1.97. The molecule has 0 fully saturated rings. The van der Waals surface area contributed by atoms with E-state index < -0.39 is 0 Å². The predicted octanol–water partition coefficient (Wildman–Crippen LogP) is 3.54. The molecule has 0 amide bonds. The van der Waals surface area contributed by atoms with Crippen LogP contribution in [0.25, 0.3) is 0 Å². The number of hydrogen-bond donors (Lipinski definition) is 2. The highest BCUT2D eigenvalue weighted by Gasteiger charge is 2.06. The first-order valence-corrected chi connectivity index (χ1v) is 6.70. The molecule has 1 nitrogen and oxygen atoms in total. The molecule has 15 heavy (non-hydrogen) atoms. The first-order valence-electron chi connectivity index (χ1n) is 5.19. The maximum Gasteiger partial charge on any atom is 0.0797 e. The Morgan fingerprint density at radius 3 is 2.33 bits per heavy atom. The van der Waals surface area contributed by atoms with Crippen molar-refractivity contribution < 1.29 is 5.11 Å². The van der Waals surface area contributed by atoms with E-state index in [-0.39, 0.29) is 6.10 Å². The van der Waals surface area contributed by atoms with Crippen molar-refractivity contribution in [3.8, 4) is 0 Å². The summed E-state index contributed by atoms with van der Waals surface area (Å²) in [5, 5.41) is 10.3. The van der Waals surface area contributed by atoms with Crippen LogP contribution < -0.4 is 0 Å². The summed E-state index contributed by atoms with van der Waals surface area (Å²) in [5.41, 5.74) is 0.983. The van der Waals surface area contributed by atoms with Crippen LogP contribution in [0.4, 0.5) is 0 Å². The Morgan fingerprint density at radius 2 is 1.87 bits per heavy atom. The van der Waals surface area contributed by atoms with Crippen molar-refractivity contribution in [2.24, 2.45) is 0 Å². The standard InChI is InChI=1S/C12H18OS2/c1-9(2)15-11-5-3-10(4-6-11)12(13)7-8-14/h3-6,9,12-14H,7-8H2,1-2H3. The van der Waals surface area contributed by atoms with E-state index in [1.165, 1.54) is 4.90 Å². The molecule has 1 aromatic rings. The number of aliphatic hydroxyl groups excluding tert-OH is 1. The lowest BCUT2D eigenvalue weighted by atomic mass is 10.1. The SMILES string of the molecule is CC(C)Sc1ccc(C(O)CCS)cc1. The first kappa shape index (κ1) is 12.9. The van der Waals surface area contributed by atoms with E-state index in [4.69, 9.17) is 0 Å². The lowest BCUT2D eigenvalue weighted by molar-refractivity contribution is 0.175. The molecule has 3 heteroatoms. The van der Waals surface area contributed by atoms with Gasteiger partial charge in [0.15, 0.2) is 0 Å². The van der Waals surface area contributed by atoms with Gasteiger partial charge in [-0.25, -0.2) is 0 Å². The Kier molecular flexibility index (Phi) is 5.58. The normalized spacial score (nSPS) is 13.1. The van der Waals surface area contributed by atoms with Gasteiger partial charge in [0.05, 0.1) is 6.10 Å². The molecule has 0 aliphatic heterocycles. The van der Waals surface area contributed by atoms with Gasteiger partial charge >= 0.3 is 0 Å². The maximum atomic E-state index is 9.74. The summed E-state index contributed by atoms with van der Waals surface area (Å²) < 4.78 is 0. The smallest absolute Gasteiger partial charge is 0.0797 e. The first-order chi connectivity index (χ1) is 7.13. The van der Waals surface area contributed by atoms with Gasteiger partial charge in [0.1, 0.15) is 0 Å². The average molecular weight is 242 g/mol. The molecule has 0 heterocycles. The van der Waals surface area contributed by atoms with Crippen LogP contribution in [0.5, 0.6) is 0 Å². The van der Waals surface area contributed by atoms with E-state index >= 15 is 0 Å². The third-order valence-electron chi connectivity index (χ3n) is 2.04. The van der Waals surface area contributed by atoms with Gasteiger partial charge in [0.25, 0.3) is 0 Å². The molecule has 1 aromatic carbocycles. The summed E-state index contributed by atoms with van der Waals surface area (Å²) >= 11 is 5.95. The van der Waals surface area contributed by atoms with E-state index in [1.54, 1.807) is 0 Å². The second-order valence-corrected chi connectivity index (χ2v) is 5.86. The van der Waals surface area contributed by atoms with Gasteiger partial charge in [-0.1, -0.05) is 26.0 Å². The van der Waals surface area contributed by atoms with Crippen LogP contribution in [0.2, 0.25) is 0 Å². The van der Waals surface area contributed by atoms with Crippen molar-refractivity contribution in [1.29, 1.82) is 0 Å². The molecule has 0 spiro atoms. The third kappa shape index (κ3) is 4.49. The van der Waals surface area contributed by atoms with Crippen LogP contribution in [0.1, 0.15) is 31.9 Å². The number of rotatable bonds is 5. The number of thioether (sulfide) groups is 1. The van der Waals surface area contributed by atoms with Crippen LogP contribution in [-0.2, 0) is 0 Å². The molecular weight excluding hydrogens is 224 g/mol. The summed E-state index contributed by atoms with van der Waals surface area (Å²) in [6.45, 7) is 4.35. The van der Waals surface area contributed by atoms with Gasteiger partial charge < -0.3 is 5.11 Å². The summed E-state index contributed by atoms with van der Waals surface area (Å²) in [6.07, 6.45) is 0.334. The minimum absolute atomic E-state index is 0.374. The molecule has 0 radical (unpaired) electrons. The third-order valence-corrected chi connectivity index (χ3v) is 3.31. The van der Waals surface area contributed by atoms with Gasteiger partial charge in [-0.2, -0.15) is 12.6 Å². The summed E-state index contributed by atoms with van der Waals surface area (Å²) in [4.78, 5) is 1.26. The molecule has 0 saturated carbocycles. The van der Waals surface area contributed by atoms with Crippen LogP contribution in [0.3, 0.4) is 0 Å². The maximum absolute atomic E-state index is 9.74. The van der Waals surface area contributed by atoms with Gasteiger partial charge in [-0.15, -0.1) is 11.8 Å². The van der Waals surface area contributed by atoms with Crippen molar-refractivity contribution >= 4 is 24.4 Å². The Labute approximate surface area is 102 Å². The fourth-order valence-corrected chi connectivity index (χ4v) is 2.41. The molecule has 1 atom stereocenters. The van der Waals surface area contributed by atoms with Crippen LogP contribution in [-0.4, -0.2) is 16.1 Å². The van der Waals surface area contributed by atoms with Crippen molar-refractivity contribution in [2.75, 3.05) is 5.75 Å². The van der Waals surface area contributed by atoms with E-state index in [2.05, 4.69) is 38.6 Å². The van der Waals surface area contributed by atoms with Crippen LogP contribution in [0.15, 0.2) is 29.2 Å². The Bertz CT molecular complexity index is 282. The summed E-state index contributed by atoms with van der Waals surface area (Å²) in [7, 11) is 0. The highest BCUT2D eigenvalue weighted by molar-refractivity contribution is 7.99. The van der Waals surface area contributed by atoms with Crippen molar-refractivity contribution in [3.05, 3.63) is 29.8 Å². The van der Waals surface area contributed by atoms with Gasteiger partial charge in [0.2, 0.25) is 0 Å². The largest absolute Gasteiger partial charge is 0.388 e. The van der Waals surface area contributed by atoms with E-state index in [0.29, 0.717) is 17.4 Å². The molecule has 1 rings (SSSR count). The zero-order valence-corrected chi connectivity index (χ0v) is 10.9. The molecule has 0 saturated heterocycles. The second-order valence-electron chi connectivity index (χ2n) is 3.76. The highest BCUT2D eigenvalue weighted by atomic mass is 32.2. The van der Waals surface area contributed by atoms with E-state index in [0.717, 1.165) is 5.56 Å². The fraction of sp³-hybridized carbons (Fsp3) is 0.500. The van der Waals surface area contributed by atoms with Crippen LogP contribution in [0, 0.1) is 0 Å². The molecule has 0 aliphatic carbocycles. The molecular formula is C12H18OS2.